The van der Waals surface area contributed by atoms with E-state index >= 15 is 0 Å². The van der Waals surface area contributed by atoms with E-state index in [0.29, 0.717) is 0 Å². The molecule has 1 fully saturated rings. The predicted octanol–water partition coefficient (Wildman–Crippen LogP) is 3.12. The van der Waals surface area contributed by atoms with Gasteiger partial charge in [0.2, 0.25) is 0 Å². The maximum atomic E-state index is 6.00. The van der Waals surface area contributed by atoms with Crippen LogP contribution < -0.4 is 4.78 Å². The molecule has 88 valence electrons. The Bertz CT molecular complexity index is 398. The lowest BCUT2D eigenvalue weighted by Gasteiger charge is -2.32. The minimum atomic E-state index is -0.269. The third kappa shape index (κ3) is 1.99. The molecule has 0 saturated carbocycles. The molecule has 1 aromatic rings. The van der Waals surface area contributed by atoms with Crippen molar-refractivity contribution in [2.45, 2.75) is 45.8 Å². The number of rotatable bonds is 1. The van der Waals surface area contributed by atoms with Gasteiger partial charge in [-0.2, -0.15) is 0 Å². The van der Waals surface area contributed by atoms with Gasteiger partial charge in [-0.05, 0) is 40.7 Å². The Hall–Kier alpha value is 0.165. The van der Waals surface area contributed by atoms with Crippen LogP contribution in [0.25, 0.3) is 0 Å². The van der Waals surface area contributed by atoms with Crippen LogP contribution >= 0.6 is 27.3 Å². The number of aryl methyl sites for hydroxylation is 1. The highest BCUT2D eigenvalue weighted by Crippen LogP contribution is 2.37. The summed E-state index contributed by atoms with van der Waals surface area (Å²) in [7, 11) is -0.252. The van der Waals surface area contributed by atoms with E-state index in [-0.39, 0.29) is 18.3 Å². The molecule has 2 heterocycles. The second kappa shape index (κ2) is 3.84. The molecule has 1 aromatic heterocycles. The highest BCUT2D eigenvalue weighted by molar-refractivity contribution is 9.10. The molecule has 0 radical (unpaired) electrons. The Morgan fingerprint density at radius 2 is 1.69 bits per heavy atom. The van der Waals surface area contributed by atoms with Crippen LogP contribution in [0.2, 0.25) is 0 Å². The SMILES string of the molecule is Cc1cc(Br)c(B2OC(C)(C)C(C)(C)O2)s1. The number of thiophene rings is 1. The zero-order valence-corrected chi connectivity index (χ0v) is 12.7. The molecule has 16 heavy (non-hydrogen) atoms. The molecular weight excluding hydrogens is 287 g/mol. The van der Waals surface area contributed by atoms with Crippen molar-refractivity contribution in [1.29, 1.82) is 0 Å². The molecule has 0 spiro atoms. The Morgan fingerprint density at radius 1 is 1.19 bits per heavy atom. The van der Waals surface area contributed by atoms with Gasteiger partial charge in [0, 0.05) is 14.1 Å². The summed E-state index contributed by atoms with van der Waals surface area (Å²) < 4.78 is 14.2. The average molecular weight is 303 g/mol. The summed E-state index contributed by atoms with van der Waals surface area (Å²) >= 11 is 5.27. The van der Waals surface area contributed by atoms with Gasteiger partial charge >= 0.3 is 7.12 Å². The lowest BCUT2D eigenvalue weighted by Crippen LogP contribution is -2.41. The second-order valence-electron chi connectivity index (χ2n) is 5.16. The largest absolute Gasteiger partial charge is 0.506 e. The zero-order valence-electron chi connectivity index (χ0n) is 10.3. The van der Waals surface area contributed by atoms with E-state index in [1.54, 1.807) is 11.3 Å². The summed E-state index contributed by atoms with van der Waals surface area (Å²) in [6, 6.07) is 2.10. The highest BCUT2D eigenvalue weighted by atomic mass is 79.9. The third-order valence-electron chi connectivity index (χ3n) is 3.30. The third-order valence-corrected chi connectivity index (χ3v) is 5.29. The molecule has 0 N–H and O–H groups in total. The number of hydrogen-bond donors (Lipinski definition) is 0. The van der Waals surface area contributed by atoms with E-state index in [0.717, 1.165) is 9.25 Å². The molecule has 0 aromatic carbocycles. The van der Waals surface area contributed by atoms with Crippen LogP contribution in [0, 0.1) is 6.92 Å². The molecule has 2 nitrogen and oxygen atoms in total. The minimum absolute atomic E-state index is 0.252. The predicted molar refractivity (Wildman–Crippen MR) is 72.5 cm³/mol. The molecule has 0 amide bonds. The first-order valence-electron chi connectivity index (χ1n) is 5.34. The van der Waals surface area contributed by atoms with Crippen molar-refractivity contribution in [2.75, 3.05) is 0 Å². The van der Waals surface area contributed by atoms with Crippen molar-refractivity contribution in [2.24, 2.45) is 0 Å². The van der Waals surface area contributed by atoms with Crippen LogP contribution in [0.3, 0.4) is 0 Å². The molecule has 0 unspecified atom stereocenters. The first-order valence-corrected chi connectivity index (χ1v) is 6.95. The van der Waals surface area contributed by atoms with Gasteiger partial charge < -0.3 is 9.31 Å². The molecule has 1 aliphatic heterocycles. The molecule has 0 bridgehead atoms. The van der Waals surface area contributed by atoms with Crippen LogP contribution in [0.5, 0.6) is 0 Å². The molecule has 5 heteroatoms. The van der Waals surface area contributed by atoms with Crippen molar-refractivity contribution in [3.05, 3.63) is 15.4 Å². The van der Waals surface area contributed by atoms with Gasteiger partial charge in [0.15, 0.2) is 0 Å². The van der Waals surface area contributed by atoms with Crippen molar-refractivity contribution in [1.82, 2.24) is 0 Å². The first-order chi connectivity index (χ1) is 7.23. The van der Waals surface area contributed by atoms with Crippen molar-refractivity contribution >= 4 is 39.2 Å². The van der Waals surface area contributed by atoms with Crippen LogP contribution in [-0.4, -0.2) is 18.3 Å². The van der Waals surface area contributed by atoms with E-state index in [1.165, 1.54) is 4.88 Å². The lowest BCUT2D eigenvalue weighted by molar-refractivity contribution is 0.00578. The van der Waals surface area contributed by atoms with E-state index in [2.05, 4.69) is 56.6 Å². The van der Waals surface area contributed by atoms with Gasteiger partial charge in [0.25, 0.3) is 0 Å². The van der Waals surface area contributed by atoms with E-state index in [9.17, 15) is 0 Å². The van der Waals surface area contributed by atoms with Gasteiger partial charge in [-0.15, -0.1) is 11.3 Å². The summed E-state index contributed by atoms with van der Waals surface area (Å²) in [5.41, 5.74) is -0.538. The second-order valence-corrected chi connectivity index (χ2v) is 7.30. The van der Waals surface area contributed by atoms with Crippen molar-refractivity contribution < 1.29 is 9.31 Å². The van der Waals surface area contributed by atoms with Gasteiger partial charge in [0.1, 0.15) is 0 Å². The van der Waals surface area contributed by atoms with Crippen molar-refractivity contribution in [3.8, 4) is 0 Å². The standard InChI is InChI=1S/C11H16BBrO2S/c1-7-6-8(13)9(16-7)12-14-10(2,3)11(4,5)15-12/h6H,1-5H3. The molecule has 1 saturated heterocycles. The minimum Gasteiger partial charge on any atom is -0.399 e. The van der Waals surface area contributed by atoms with Crippen molar-refractivity contribution in [3.63, 3.8) is 0 Å². The van der Waals surface area contributed by atoms with Crippen LogP contribution in [0.15, 0.2) is 10.5 Å². The van der Waals surface area contributed by atoms with Crippen LogP contribution in [0.4, 0.5) is 0 Å². The maximum absolute atomic E-state index is 6.00. The number of halogens is 1. The Kier molecular flexibility index (Phi) is 3.02. The summed E-state index contributed by atoms with van der Waals surface area (Å²) in [6.07, 6.45) is 0. The average Bonchev–Trinajstić information content (AvgIpc) is 2.51. The van der Waals surface area contributed by atoms with Crippen LogP contribution in [-0.2, 0) is 9.31 Å². The Morgan fingerprint density at radius 3 is 2.06 bits per heavy atom. The normalized spacial score (nSPS) is 22.8. The fraction of sp³-hybridized carbons (Fsp3) is 0.636. The Balaban J connectivity index is 2.30. The number of hydrogen-bond acceptors (Lipinski definition) is 3. The summed E-state index contributed by atoms with van der Waals surface area (Å²) in [5, 5.41) is 0. The Labute approximate surface area is 110 Å². The zero-order chi connectivity index (χ0) is 12.1. The van der Waals surface area contributed by atoms with E-state index < -0.39 is 0 Å². The fourth-order valence-corrected chi connectivity index (χ4v) is 3.41. The molecule has 1 aliphatic rings. The fourth-order valence-electron chi connectivity index (χ4n) is 1.61. The summed E-state index contributed by atoms with van der Waals surface area (Å²) in [5.74, 6) is 0. The van der Waals surface area contributed by atoms with E-state index in [4.69, 9.17) is 9.31 Å². The quantitative estimate of drug-likeness (QED) is 0.742. The van der Waals surface area contributed by atoms with E-state index in [1.807, 2.05) is 0 Å². The molecule has 0 aliphatic carbocycles. The molecule has 2 rings (SSSR count). The molecule has 0 atom stereocenters. The maximum Gasteiger partial charge on any atom is 0.506 e. The van der Waals surface area contributed by atoms with Gasteiger partial charge in [-0.1, -0.05) is 15.9 Å². The van der Waals surface area contributed by atoms with Gasteiger partial charge in [-0.25, -0.2) is 0 Å². The smallest absolute Gasteiger partial charge is 0.399 e. The molecular formula is C11H16BBrO2S. The van der Waals surface area contributed by atoms with Gasteiger partial charge in [-0.3, -0.25) is 0 Å². The lowest BCUT2D eigenvalue weighted by atomic mass is 9.88. The van der Waals surface area contributed by atoms with Crippen LogP contribution in [0.1, 0.15) is 32.6 Å². The van der Waals surface area contributed by atoms with Gasteiger partial charge in [0.05, 0.1) is 11.2 Å². The highest BCUT2D eigenvalue weighted by Gasteiger charge is 2.52. The topological polar surface area (TPSA) is 18.5 Å². The summed E-state index contributed by atoms with van der Waals surface area (Å²) in [4.78, 5) is 1.26. The summed E-state index contributed by atoms with van der Waals surface area (Å²) in [6.45, 7) is 10.4. The first kappa shape index (κ1) is 12.6. The monoisotopic (exact) mass is 302 g/mol.